The Kier molecular flexibility index (Phi) is 3.85. The molecule has 0 N–H and O–H groups in total. The number of hydrogen-bond donors (Lipinski definition) is 0. The zero-order valence-corrected chi connectivity index (χ0v) is 12.2. The fourth-order valence-corrected chi connectivity index (χ4v) is 3.62. The van der Waals surface area contributed by atoms with Gasteiger partial charge in [-0.15, -0.1) is 11.3 Å². The number of nitrogens with zero attached hydrogens (tertiary/aromatic N) is 1. The third-order valence-electron chi connectivity index (χ3n) is 3.74. The second-order valence-electron chi connectivity index (χ2n) is 4.93. The smallest absolute Gasteiger partial charge is 0.327 e. The number of ether oxygens (including phenoxy) is 1. The second-order valence-corrected chi connectivity index (χ2v) is 5.93. The highest BCUT2D eigenvalue weighted by Crippen LogP contribution is 2.30. The van der Waals surface area contributed by atoms with Gasteiger partial charge in [0.2, 0.25) is 0 Å². The first-order valence-electron chi connectivity index (χ1n) is 6.71. The van der Waals surface area contributed by atoms with Crippen molar-refractivity contribution in [1.82, 2.24) is 4.90 Å². The Morgan fingerprint density at radius 3 is 2.85 bits per heavy atom. The first-order valence-corrected chi connectivity index (χ1v) is 7.59. The van der Waals surface area contributed by atoms with Gasteiger partial charge in [0.15, 0.2) is 0 Å². The number of carbonyl (C=O) groups is 1. The molecule has 3 rings (SSSR count). The van der Waals surface area contributed by atoms with Crippen molar-refractivity contribution in [3.63, 3.8) is 0 Å². The van der Waals surface area contributed by atoms with Crippen LogP contribution in [-0.4, -0.2) is 24.5 Å². The molecule has 0 saturated heterocycles. The molecule has 20 heavy (non-hydrogen) atoms. The zero-order chi connectivity index (χ0) is 13.9. The van der Waals surface area contributed by atoms with Crippen LogP contribution >= 0.6 is 11.3 Å². The summed E-state index contributed by atoms with van der Waals surface area (Å²) in [6, 6.07) is 11.7. The first-order chi connectivity index (χ1) is 9.79. The molecule has 0 radical (unpaired) electrons. The molecule has 0 saturated carbocycles. The highest BCUT2D eigenvalue weighted by molar-refractivity contribution is 7.10. The number of benzene rings is 1. The van der Waals surface area contributed by atoms with Gasteiger partial charge in [-0.05, 0) is 29.0 Å². The summed E-state index contributed by atoms with van der Waals surface area (Å²) in [4.78, 5) is 15.8. The topological polar surface area (TPSA) is 29.5 Å². The molecule has 1 aliphatic rings. The van der Waals surface area contributed by atoms with Crippen LogP contribution in [-0.2, 0) is 22.5 Å². The van der Waals surface area contributed by atoms with Crippen LogP contribution in [0.4, 0.5) is 0 Å². The predicted octanol–water partition coefficient (Wildman–Crippen LogP) is 3.02. The number of methoxy groups -OCH3 is 1. The van der Waals surface area contributed by atoms with Crippen LogP contribution in [0, 0.1) is 0 Å². The Bertz CT molecular complexity index is 594. The lowest BCUT2D eigenvalue weighted by molar-refractivity contribution is -0.147. The van der Waals surface area contributed by atoms with Crippen LogP contribution in [0.15, 0.2) is 41.8 Å². The van der Waals surface area contributed by atoms with E-state index in [-0.39, 0.29) is 12.0 Å². The van der Waals surface area contributed by atoms with Crippen molar-refractivity contribution in [3.8, 4) is 0 Å². The molecule has 0 amide bonds. The minimum Gasteiger partial charge on any atom is -0.468 e. The second kappa shape index (κ2) is 5.77. The molecule has 3 nitrogen and oxygen atoms in total. The standard InChI is InChI=1S/C16H17NO2S/c1-19-16(18)15(12-5-3-2-4-6-12)17-9-7-14-13(11-17)8-10-20-14/h2-6,8,10,15H,7,9,11H2,1H3/t15-/m0/s1. The molecule has 0 aliphatic carbocycles. The van der Waals surface area contributed by atoms with E-state index in [2.05, 4.69) is 16.3 Å². The average Bonchev–Trinajstić information content (AvgIpc) is 2.96. The molecule has 0 unspecified atom stereocenters. The van der Waals surface area contributed by atoms with Crippen LogP contribution in [0.1, 0.15) is 22.0 Å². The largest absolute Gasteiger partial charge is 0.468 e. The molecule has 104 valence electrons. The molecular formula is C16H17NO2S. The minimum absolute atomic E-state index is 0.185. The summed E-state index contributed by atoms with van der Waals surface area (Å²) in [5.41, 5.74) is 2.34. The molecule has 1 aromatic heterocycles. The lowest BCUT2D eigenvalue weighted by atomic mass is 10.0. The molecule has 0 fully saturated rings. The maximum atomic E-state index is 12.2. The van der Waals surface area contributed by atoms with Crippen molar-refractivity contribution in [3.05, 3.63) is 57.8 Å². The normalized spacial score (nSPS) is 16.4. The molecule has 1 atom stereocenters. The van der Waals surface area contributed by atoms with Gasteiger partial charge in [0.25, 0.3) is 0 Å². The van der Waals surface area contributed by atoms with Crippen LogP contribution in [0.5, 0.6) is 0 Å². The van der Waals surface area contributed by atoms with Crippen molar-refractivity contribution < 1.29 is 9.53 Å². The van der Waals surface area contributed by atoms with Gasteiger partial charge in [0, 0.05) is 18.0 Å². The summed E-state index contributed by atoms with van der Waals surface area (Å²) < 4.78 is 5.01. The van der Waals surface area contributed by atoms with E-state index >= 15 is 0 Å². The van der Waals surface area contributed by atoms with Crippen LogP contribution < -0.4 is 0 Å². The fraction of sp³-hybridized carbons (Fsp3) is 0.312. The number of fused-ring (bicyclic) bond motifs is 1. The van der Waals surface area contributed by atoms with Crippen LogP contribution in [0.3, 0.4) is 0 Å². The molecular weight excluding hydrogens is 270 g/mol. The molecule has 0 bridgehead atoms. The Balaban J connectivity index is 1.89. The number of thiophene rings is 1. The van der Waals surface area contributed by atoms with E-state index in [1.54, 1.807) is 11.3 Å². The fourth-order valence-electron chi connectivity index (χ4n) is 2.73. The van der Waals surface area contributed by atoms with Crippen LogP contribution in [0.25, 0.3) is 0 Å². The van der Waals surface area contributed by atoms with E-state index < -0.39 is 0 Å². The van der Waals surface area contributed by atoms with Crippen LogP contribution in [0.2, 0.25) is 0 Å². The van der Waals surface area contributed by atoms with E-state index in [1.807, 2.05) is 30.3 Å². The average molecular weight is 287 g/mol. The highest BCUT2D eigenvalue weighted by Gasteiger charge is 2.31. The quantitative estimate of drug-likeness (QED) is 0.813. The predicted molar refractivity (Wildman–Crippen MR) is 79.6 cm³/mol. The number of carbonyl (C=O) groups excluding carboxylic acids is 1. The molecule has 2 aromatic rings. The summed E-state index contributed by atoms with van der Waals surface area (Å²) in [5.74, 6) is -0.185. The Hall–Kier alpha value is -1.65. The third-order valence-corrected chi connectivity index (χ3v) is 4.77. The first kappa shape index (κ1) is 13.3. The summed E-state index contributed by atoms with van der Waals surface area (Å²) in [6.07, 6.45) is 1.01. The van der Waals surface area contributed by atoms with E-state index in [0.29, 0.717) is 0 Å². The monoisotopic (exact) mass is 287 g/mol. The number of rotatable bonds is 3. The maximum Gasteiger partial charge on any atom is 0.327 e. The third kappa shape index (κ3) is 2.49. The molecule has 4 heteroatoms. The van der Waals surface area contributed by atoms with E-state index in [4.69, 9.17) is 4.74 Å². The SMILES string of the molecule is COC(=O)[C@H](c1ccccc1)N1CCc2sccc2C1. The van der Waals surface area contributed by atoms with Gasteiger partial charge in [-0.25, -0.2) is 4.79 Å². The Morgan fingerprint density at radius 1 is 1.30 bits per heavy atom. The summed E-state index contributed by atoms with van der Waals surface area (Å²) >= 11 is 1.81. The number of hydrogen-bond acceptors (Lipinski definition) is 4. The molecule has 0 spiro atoms. The van der Waals surface area contributed by atoms with Crippen molar-refractivity contribution in [2.24, 2.45) is 0 Å². The lowest BCUT2D eigenvalue weighted by Crippen LogP contribution is -2.38. The molecule has 1 aromatic carbocycles. The highest BCUT2D eigenvalue weighted by atomic mass is 32.1. The van der Waals surface area contributed by atoms with Crippen molar-refractivity contribution in [2.45, 2.75) is 19.0 Å². The summed E-state index contributed by atoms with van der Waals surface area (Å²) in [7, 11) is 1.46. The van der Waals surface area contributed by atoms with E-state index in [0.717, 1.165) is 25.1 Å². The van der Waals surface area contributed by atoms with Gasteiger partial charge in [0.1, 0.15) is 6.04 Å². The summed E-state index contributed by atoms with van der Waals surface area (Å²) in [5, 5.41) is 2.13. The van der Waals surface area contributed by atoms with Crippen molar-refractivity contribution in [2.75, 3.05) is 13.7 Å². The molecule has 2 heterocycles. The Labute approximate surface area is 122 Å². The lowest BCUT2D eigenvalue weighted by Gasteiger charge is -2.33. The molecule has 1 aliphatic heterocycles. The van der Waals surface area contributed by atoms with Gasteiger partial charge in [-0.1, -0.05) is 30.3 Å². The van der Waals surface area contributed by atoms with Gasteiger partial charge >= 0.3 is 5.97 Å². The summed E-state index contributed by atoms with van der Waals surface area (Å²) in [6.45, 7) is 1.70. The van der Waals surface area contributed by atoms with Gasteiger partial charge < -0.3 is 4.74 Å². The minimum atomic E-state index is -0.311. The van der Waals surface area contributed by atoms with E-state index in [9.17, 15) is 4.79 Å². The van der Waals surface area contributed by atoms with Crippen molar-refractivity contribution in [1.29, 1.82) is 0 Å². The van der Waals surface area contributed by atoms with Crippen molar-refractivity contribution >= 4 is 17.3 Å². The van der Waals surface area contributed by atoms with E-state index in [1.165, 1.54) is 17.6 Å². The van der Waals surface area contributed by atoms with Gasteiger partial charge in [-0.3, -0.25) is 4.90 Å². The maximum absolute atomic E-state index is 12.2. The Morgan fingerprint density at radius 2 is 2.10 bits per heavy atom. The zero-order valence-electron chi connectivity index (χ0n) is 11.4. The van der Waals surface area contributed by atoms with Gasteiger partial charge in [0.05, 0.1) is 7.11 Å². The number of esters is 1. The van der Waals surface area contributed by atoms with Gasteiger partial charge in [-0.2, -0.15) is 0 Å².